The molecule has 3 heteroatoms. The SMILES string of the molecule is Cc1cccc2c1C(=Cc1ccc3c(c1)CCC(C)(C)O3)C(=O)N2. The van der Waals surface area contributed by atoms with Crippen LogP contribution in [0.3, 0.4) is 0 Å². The minimum absolute atomic E-state index is 0.0330. The molecule has 0 unspecified atom stereocenters. The van der Waals surface area contributed by atoms with Crippen molar-refractivity contribution in [2.45, 2.75) is 39.2 Å². The smallest absolute Gasteiger partial charge is 0.256 e. The van der Waals surface area contributed by atoms with Crippen molar-refractivity contribution < 1.29 is 9.53 Å². The standard InChI is InChI=1S/C21H21NO2/c1-13-5-4-6-17-19(13)16(20(23)22-17)12-14-7-8-18-15(11-14)9-10-21(2,3)24-18/h4-8,11-12H,9-10H2,1-3H3,(H,22,23). The molecular formula is C21H21NO2. The predicted molar refractivity (Wildman–Crippen MR) is 97.1 cm³/mol. The van der Waals surface area contributed by atoms with E-state index in [0.717, 1.165) is 46.5 Å². The second kappa shape index (κ2) is 5.23. The number of carbonyl (C=O) groups excluding carboxylic acids is 1. The van der Waals surface area contributed by atoms with Gasteiger partial charge in [0.15, 0.2) is 0 Å². The molecule has 2 aliphatic rings. The average molecular weight is 319 g/mol. The number of carbonyl (C=O) groups is 1. The zero-order valence-electron chi connectivity index (χ0n) is 14.3. The monoisotopic (exact) mass is 319 g/mol. The van der Waals surface area contributed by atoms with Gasteiger partial charge in [0.1, 0.15) is 11.4 Å². The molecule has 0 bridgehead atoms. The Morgan fingerprint density at radius 2 is 2.04 bits per heavy atom. The van der Waals surface area contributed by atoms with Crippen molar-refractivity contribution in [3.8, 4) is 5.75 Å². The Balaban J connectivity index is 1.74. The molecule has 24 heavy (non-hydrogen) atoms. The number of rotatable bonds is 1. The first kappa shape index (κ1) is 15.0. The summed E-state index contributed by atoms with van der Waals surface area (Å²) < 4.78 is 6.04. The molecule has 4 rings (SSSR count). The Labute approximate surface area is 142 Å². The van der Waals surface area contributed by atoms with E-state index in [1.165, 1.54) is 5.56 Å². The third-order valence-corrected chi connectivity index (χ3v) is 4.81. The average Bonchev–Trinajstić information content (AvgIpc) is 2.84. The molecular weight excluding hydrogens is 298 g/mol. The van der Waals surface area contributed by atoms with Gasteiger partial charge in [-0.15, -0.1) is 0 Å². The third kappa shape index (κ3) is 2.50. The minimum atomic E-state index is -0.103. The maximum absolute atomic E-state index is 12.4. The number of amides is 1. The van der Waals surface area contributed by atoms with Gasteiger partial charge in [-0.2, -0.15) is 0 Å². The molecule has 0 fully saturated rings. The van der Waals surface area contributed by atoms with E-state index in [2.05, 4.69) is 25.2 Å². The molecule has 0 saturated heterocycles. The van der Waals surface area contributed by atoms with E-state index in [9.17, 15) is 4.79 Å². The van der Waals surface area contributed by atoms with Crippen LogP contribution in [0.1, 0.15) is 42.5 Å². The van der Waals surface area contributed by atoms with Crippen LogP contribution in [0.15, 0.2) is 36.4 Å². The van der Waals surface area contributed by atoms with E-state index >= 15 is 0 Å². The molecule has 3 nitrogen and oxygen atoms in total. The summed E-state index contributed by atoms with van der Waals surface area (Å²) in [6.07, 6.45) is 3.98. The molecule has 2 aromatic rings. The fraction of sp³-hybridized carbons (Fsp3) is 0.286. The Morgan fingerprint density at radius 3 is 2.88 bits per heavy atom. The Bertz CT molecular complexity index is 877. The molecule has 1 amide bonds. The van der Waals surface area contributed by atoms with Crippen molar-refractivity contribution in [3.05, 3.63) is 58.7 Å². The van der Waals surface area contributed by atoms with Gasteiger partial charge in [0.05, 0.1) is 0 Å². The van der Waals surface area contributed by atoms with Gasteiger partial charge in [0.25, 0.3) is 5.91 Å². The fourth-order valence-electron chi connectivity index (χ4n) is 3.51. The predicted octanol–water partition coefficient (Wildman–Crippen LogP) is 4.59. The number of ether oxygens (including phenoxy) is 1. The van der Waals surface area contributed by atoms with E-state index < -0.39 is 0 Å². The number of benzene rings is 2. The van der Waals surface area contributed by atoms with Crippen LogP contribution in [0.4, 0.5) is 5.69 Å². The molecule has 0 aliphatic carbocycles. The van der Waals surface area contributed by atoms with Crippen molar-refractivity contribution in [1.29, 1.82) is 0 Å². The lowest BCUT2D eigenvalue weighted by Gasteiger charge is -2.32. The summed E-state index contributed by atoms with van der Waals surface area (Å²) in [5.41, 5.74) is 5.91. The molecule has 122 valence electrons. The topological polar surface area (TPSA) is 38.3 Å². The van der Waals surface area contributed by atoms with E-state index in [0.29, 0.717) is 0 Å². The van der Waals surface area contributed by atoms with E-state index in [-0.39, 0.29) is 11.5 Å². The number of anilines is 1. The lowest BCUT2D eigenvalue weighted by molar-refractivity contribution is -0.110. The summed E-state index contributed by atoms with van der Waals surface area (Å²) in [5.74, 6) is 0.926. The van der Waals surface area contributed by atoms with E-state index in [1.54, 1.807) is 0 Å². The second-order valence-corrected chi connectivity index (χ2v) is 7.24. The van der Waals surface area contributed by atoms with Gasteiger partial charge in [0, 0.05) is 16.8 Å². The number of nitrogens with one attached hydrogen (secondary N) is 1. The number of hydrogen-bond acceptors (Lipinski definition) is 2. The first-order chi connectivity index (χ1) is 11.4. The van der Waals surface area contributed by atoms with Gasteiger partial charge in [-0.1, -0.05) is 18.2 Å². The van der Waals surface area contributed by atoms with Crippen LogP contribution in [0.25, 0.3) is 11.6 Å². The minimum Gasteiger partial charge on any atom is -0.488 e. The summed E-state index contributed by atoms with van der Waals surface area (Å²) in [6.45, 7) is 6.28. The molecule has 2 aromatic carbocycles. The van der Waals surface area contributed by atoms with Crippen LogP contribution >= 0.6 is 0 Å². The highest BCUT2D eigenvalue weighted by Gasteiger charge is 2.27. The van der Waals surface area contributed by atoms with Gasteiger partial charge in [-0.05, 0) is 74.6 Å². The molecule has 0 spiro atoms. The molecule has 0 aromatic heterocycles. The highest BCUT2D eigenvalue weighted by Crippen LogP contribution is 2.37. The summed E-state index contributed by atoms with van der Waals surface area (Å²) in [6, 6.07) is 12.1. The van der Waals surface area contributed by atoms with Crippen LogP contribution < -0.4 is 10.1 Å². The molecule has 1 N–H and O–H groups in total. The van der Waals surface area contributed by atoms with E-state index in [1.807, 2.05) is 43.3 Å². The summed E-state index contributed by atoms with van der Waals surface area (Å²) in [4.78, 5) is 12.4. The molecule has 0 atom stereocenters. The van der Waals surface area contributed by atoms with Gasteiger partial charge in [0.2, 0.25) is 0 Å². The van der Waals surface area contributed by atoms with Crippen molar-refractivity contribution in [3.63, 3.8) is 0 Å². The normalized spacial score (nSPS) is 19.5. The summed E-state index contributed by atoms with van der Waals surface area (Å²) in [7, 11) is 0. The maximum atomic E-state index is 12.4. The maximum Gasteiger partial charge on any atom is 0.256 e. The van der Waals surface area contributed by atoms with Crippen molar-refractivity contribution in [2.24, 2.45) is 0 Å². The number of fused-ring (bicyclic) bond motifs is 2. The van der Waals surface area contributed by atoms with Crippen LogP contribution in [0, 0.1) is 6.92 Å². The lowest BCUT2D eigenvalue weighted by atomic mass is 9.92. The lowest BCUT2D eigenvalue weighted by Crippen LogP contribution is -2.32. The quantitative estimate of drug-likeness (QED) is 0.781. The fourth-order valence-corrected chi connectivity index (χ4v) is 3.51. The molecule has 0 radical (unpaired) electrons. The Morgan fingerprint density at radius 1 is 1.21 bits per heavy atom. The molecule has 2 aliphatic heterocycles. The van der Waals surface area contributed by atoms with Crippen molar-refractivity contribution in [2.75, 3.05) is 5.32 Å². The Hall–Kier alpha value is -2.55. The number of aryl methyl sites for hydroxylation is 2. The molecule has 2 heterocycles. The highest BCUT2D eigenvalue weighted by atomic mass is 16.5. The van der Waals surface area contributed by atoms with E-state index in [4.69, 9.17) is 4.74 Å². The zero-order valence-corrected chi connectivity index (χ0v) is 14.3. The van der Waals surface area contributed by atoms with Crippen LogP contribution in [-0.4, -0.2) is 11.5 Å². The third-order valence-electron chi connectivity index (χ3n) is 4.81. The van der Waals surface area contributed by atoms with Crippen molar-refractivity contribution >= 4 is 23.2 Å². The zero-order chi connectivity index (χ0) is 16.9. The van der Waals surface area contributed by atoms with Gasteiger partial charge in [-0.25, -0.2) is 0 Å². The van der Waals surface area contributed by atoms with Gasteiger partial charge < -0.3 is 10.1 Å². The summed E-state index contributed by atoms with van der Waals surface area (Å²) in [5, 5.41) is 2.95. The van der Waals surface area contributed by atoms with Crippen LogP contribution in [0.2, 0.25) is 0 Å². The first-order valence-corrected chi connectivity index (χ1v) is 8.38. The van der Waals surface area contributed by atoms with Gasteiger partial charge in [-0.3, -0.25) is 4.79 Å². The van der Waals surface area contributed by atoms with Gasteiger partial charge >= 0.3 is 0 Å². The van der Waals surface area contributed by atoms with Crippen LogP contribution in [0.5, 0.6) is 5.75 Å². The Kier molecular flexibility index (Phi) is 3.27. The van der Waals surface area contributed by atoms with Crippen LogP contribution in [-0.2, 0) is 11.2 Å². The molecule has 0 saturated carbocycles. The largest absolute Gasteiger partial charge is 0.488 e. The second-order valence-electron chi connectivity index (χ2n) is 7.24. The highest BCUT2D eigenvalue weighted by molar-refractivity contribution is 6.35. The van der Waals surface area contributed by atoms with Crippen molar-refractivity contribution in [1.82, 2.24) is 0 Å². The summed E-state index contributed by atoms with van der Waals surface area (Å²) >= 11 is 0. The first-order valence-electron chi connectivity index (χ1n) is 8.38. The number of hydrogen-bond donors (Lipinski definition) is 1.